The molecular weight excluding hydrogens is 330 g/mol. The minimum Gasteiger partial charge on any atom is -0.286 e. The van der Waals surface area contributed by atoms with Gasteiger partial charge in [-0.05, 0) is 24.5 Å². The van der Waals surface area contributed by atoms with Gasteiger partial charge in [0.2, 0.25) is 11.0 Å². The number of halogens is 1. The number of carbonyl (C=O) groups excluding carboxylic acids is 1. The number of benzene rings is 1. The van der Waals surface area contributed by atoms with E-state index in [-0.39, 0.29) is 5.91 Å². The van der Waals surface area contributed by atoms with Crippen LogP contribution in [-0.2, 0) is 4.79 Å². The maximum atomic E-state index is 12.5. The summed E-state index contributed by atoms with van der Waals surface area (Å²) in [5.41, 5.74) is 0.962. The third kappa shape index (κ3) is 5.01. The van der Waals surface area contributed by atoms with Crippen LogP contribution in [0.3, 0.4) is 0 Å². The lowest BCUT2D eigenvalue weighted by Gasteiger charge is -2.21. The standard InChI is InChI=1S/C17H22ClN3OS/c1-4-5-6-15(22)21(11-12(2)3)17-20-19-16(23-17)13-7-9-14(18)10-8-13/h7-10,12H,4-6,11H2,1-3H3. The summed E-state index contributed by atoms with van der Waals surface area (Å²) in [6, 6.07) is 7.49. The van der Waals surface area contributed by atoms with Crippen LogP contribution in [0, 0.1) is 5.92 Å². The van der Waals surface area contributed by atoms with Crippen LogP contribution in [-0.4, -0.2) is 22.6 Å². The zero-order valence-electron chi connectivity index (χ0n) is 13.8. The van der Waals surface area contributed by atoms with Gasteiger partial charge in [-0.1, -0.05) is 62.3 Å². The molecule has 0 aliphatic carbocycles. The van der Waals surface area contributed by atoms with Gasteiger partial charge in [0, 0.05) is 23.6 Å². The summed E-state index contributed by atoms with van der Waals surface area (Å²) < 4.78 is 0. The number of hydrogen-bond acceptors (Lipinski definition) is 4. The lowest BCUT2D eigenvalue weighted by atomic mass is 10.2. The third-order valence-electron chi connectivity index (χ3n) is 3.33. The van der Waals surface area contributed by atoms with Crippen molar-refractivity contribution in [2.45, 2.75) is 40.0 Å². The van der Waals surface area contributed by atoms with E-state index in [1.807, 2.05) is 24.3 Å². The maximum absolute atomic E-state index is 12.5. The zero-order chi connectivity index (χ0) is 16.8. The Bertz CT molecular complexity index is 640. The van der Waals surface area contributed by atoms with Crippen molar-refractivity contribution in [3.05, 3.63) is 29.3 Å². The Morgan fingerprint density at radius 3 is 2.57 bits per heavy atom. The van der Waals surface area contributed by atoms with E-state index in [1.54, 1.807) is 4.90 Å². The van der Waals surface area contributed by atoms with Crippen molar-refractivity contribution >= 4 is 34.0 Å². The number of rotatable bonds is 7. The fraction of sp³-hybridized carbons (Fsp3) is 0.471. The Morgan fingerprint density at radius 2 is 1.96 bits per heavy atom. The normalized spacial score (nSPS) is 11.0. The second-order valence-corrected chi connectivity index (χ2v) is 7.29. The van der Waals surface area contributed by atoms with E-state index < -0.39 is 0 Å². The smallest absolute Gasteiger partial charge is 0.228 e. The Labute approximate surface area is 146 Å². The van der Waals surface area contributed by atoms with E-state index in [1.165, 1.54) is 11.3 Å². The zero-order valence-corrected chi connectivity index (χ0v) is 15.3. The van der Waals surface area contributed by atoms with E-state index in [0.29, 0.717) is 29.0 Å². The molecule has 0 radical (unpaired) electrons. The number of carbonyl (C=O) groups is 1. The van der Waals surface area contributed by atoms with Crippen LogP contribution in [0.1, 0.15) is 40.0 Å². The highest BCUT2D eigenvalue weighted by atomic mass is 35.5. The summed E-state index contributed by atoms with van der Waals surface area (Å²) >= 11 is 7.36. The average molecular weight is 352 g/mol. The molecule has 1 heterocycles. The van der Waals surface area contributed by atoms with Crippen LogP contribution in [0.2, 0.25) is 5.02 Å². The second kappa shape index (κ2) is 8.41. The summed E-state index contributed by atoms with van der Waals surface area (Å²) in [7, 11) is 0. The third-order valence-corrected chi connectivity index (χ3v) is 4.58. The largest absolute Gasteiger partial charge is 0.286 e. The molecule has 2 aromatic rings. The number of hydrogen-bond donors (Lipinski definition) is 0. The molecule has 4 nitrogen and oxygen atoms in total. The fourth-order valence-electron chi connectivity index (χ4n) is 2.15. The summed E-state index contributed by atoms with van der Waals surface area (Å²) in [6.45, 7) is 6.95. The molecule has 23 heavy (non-hydrogen) atoms. The minimum absolute atomic E-state index is 0.124. The van der Waals surface area contributed by atoms with Crippen molar-refractivity contribution in [2.75, 3.05) is 11.4 Å². The molecule has 0 bridgehead atoms. The molecule has 1 amide bonds. The number of anilines is 1. The molecule has 0 N–H and O–H groups in total. The molecule has 2 rings (SSSR count). The molecule has 6 heteroatoms. The van der Waals surface area contributed by atoms with Gasteiger partial charge in [-0.3, -0.25) is 9.69 Å². The second-order valence-electron chi connectivity index (χ2n) is 5.90. The highest BCUT2D eigenvalue weighted by Crippen LogP contribution is 2.30. The number of nitrogens with zero attached hydrogens (tertiary/aromatic N) is 3. The van der Waals surface area contributed by atoms with Crippen LogP contribution < -0.4 is 4.90 Å². The fourth-order valence-corrected chi connectivity index (χ4v) is 3.15. The van der Waals surface area contributed by atoms with Crippen molar-refractivity contribution in [1.82, 2.24) is 10.2 Å². The first-order valence-electron chi connectivity index (χ1n) is 7.91. The molecule has 1 aromatic heterocycles. The Hall–Kier alpha value is -1.46. The van der Waals surface area contributed by atoms with Crippen molar-refractivity contribution in [3.8, 4) is 10.6 Å². The quantitative estimate of drug-likeness (QED) is 0.702. The van der Waals surface area contributed by atoms with Crippen LogP contribution in [0.5, 0.6) is 0 Å². The van der Waals surface area contributed by atoms with Crippen molar-refractivity contribution < 1.29 is 4.79 Å². The first-order valence-corrected chi connectivity index (χ1v) is 9.10. The molecule has 0 saturated heterocycles. The summed E-state index contributed by atoms with van der Waals surface area (Å²) in [5, 5.41) is 10.6. The molecule has 0 atom stereocenters. The van der Waals surface area contributed by atoms with E-state index in [2.05, 4.69) is 31.0 Å². The molecule has 1 aromatic carbocycles. The van der Waals surface area contributed by atoms with Crippen molar-refractivity contribution in [1.29, 1.82) is 0 Å². The van der Waals surface area contributed by atoms with Gasteiger partial charge in [-0.2, -0.15) is 0 Å². The van der Waals surface area contributed by atoms with Gasteiger partial charge in [0.15, 0.2) is 0 Å². The number of aromatic nitrogens is 2. The van der Waals surface area contributed by atoms with Gasteiger partial charge in [0.25, 0.3) is 0 Å². The number of unbranched alkanes of at least 4 members (excludes halogenated alkanes) is 1. The van der Waals surface area contributed by atoms with Gasteiger partial charge in [-0.25, -0.2) is 0 Å². The Balaban J connectivity index is 2.22. The van der Waals surface area contributed by atoms with E-state index in [0.717, 1.165) is 23.4 Å². The summed E-state index contributed by atoms with van der Waals surface area (Å²) in [6.07, 6.45) is 2.46. The van der Waals surface area contributed by atoms with Crippen molar-refractivity contribution in [3.63, 3.8) is 0 Å². The van der Waals surface area contributed by atoms with E-state index in [4.69, 9.17) is 11.6 Å². The first kappa shape index (κ1) is 17.9. The lowest BCUT2D eigenvalue weighted by molar-refractivity contribution is -0.118. The molecule has 0 aliphatic rings. The van der Waals surface area contributed by atoms with Gasteiger partial charge in [0.05, 0.1) is 0 Å². The van der Waals surface area contributed by atoms with E-state index >= 15 is 0 Å². The van der Waals surface area contributed by atoms with Crippen LogP contribution in [0.25, 0.3) is 10.6 Å². The molecule has 124 valence electrons. The molecule has 0 unspecified atom stereocenters. The highest BCUT2D eigenvalue weighted by Gasteiger charge is 2.21. The van der Waals surface area contributed by atoms with Crippen LogP contribution in [0.15, 0.2) is 24.3 Å². The van der Waals surface area contributed by atoms with E-state index in [9.17, 15) is 4.79 Å². The molecule has 0 aliphatic heterocycles. The Kier molecular flexibility index (Phi) is 6.54. The summed E-state index contributed by atoms with van der Waals surface area (Å²) in [4.78, 5) is 14.3. The SMILES string of the molecule is CCCCC(=O)N(CC(C)C)c1nnc(-c2ccc(Cl)cc2)s1. The lowest BCUT2D eigenvalue weighted by Crippen LogP contribution is -2.34. The minimum atomic E-state index is 0.124. The van der Waals surface area contributed by atoms with Gasteiger partial charge in [-0.15, -0.1) is 10.2 Å². The predicted octanol–water partition coefficient (Wildman–Crippen LogP) is 5.04. The monoisotopic (exact) mass is 351 g/mol. The Morgan fingerprint density at radius 1 is 1.26 bits per heavy atom. The van der Waals surface area contributed by atoms with Gasteiger partial charge in [0.1, 0.15) is 5.01 Å². The molecule has 0 saturated carbocycles. The molecule has 0 fully saturated rings. The van der Waals surface area contributed by atoms with Gasteiger partial charge < -0.3 is 0 Å². The topological polar surface area (TPSA) is 46.1 Å². The number of amides is 1. The van der Waals surface area contributed by atoms with Crippen molar-refractivity contribution in [2.24, 2.45) is 5.92 Å². The first-order chi connectivity index (χ1) is 11.0. The van der Waals surface area contributed by atoms with Crippen LogP contribution >= 0.6 is 22.9 Å². The highest BCUT2D eigenvalue weighted by molar-refractivity contribution is 7.18. The van der Waals surface area contributed by atoms with Gasteiger partial charge >= 0.3 is 0 Å². The predicted molar refractivity (Wildman–Crippen MR) is 97.1 cm³/mol. The molecular formula is C17H22ClN3OS. The van der Waals surface area contributed by atoms with Crippen LogP contribution in [0.4, 0.5) is 5.13 Å². The maximum Gasteiger partial charge on any atom is 0.228 e. The average Bonchev–Trinajstić information content (AvgIpc) is 3.00. The molecule has 0 spiro atoms. The summed E-state index contributed by atoms with van der Waals surface area (Å²) in [5.74, 6) is 0.503.